The molecule has 2 aromatic rings. The Morgan fingerprint density at radius 1 is 1.56 bits per heavy atom. The van der Waals surface area contributed by atoms with Crippen molar-refractivity contribution in [3.8, 4) is 0 Å². The van der Waals surface area contributed by atoms with Crippen molar-refractivity contribution >= 4 is 17.0 Å². The van der Waals surface area contributed by atoms with Gasteiger partial charge in [0.05, 0.1) is 0 Å². The van der Waals surface area contributed by atoms with Gasteiger partial charge in [-0.25, -0.2) is 23.9 Å². The molecule has 0 aliphatic carbocycles. The van der Waals surface area contributed by atoms with E-state index in [2.05, 4.69) is 9.40 Å². The molecule has 18 heavy (non-hydrogen) atoms. The van der Waals surface area contributed by atoms with Gasteiger partial charge in [-0.05, 0) is 18.6 Å². The third-order valence-electron chi connectivity index (χ3n) is 2.59. The van der Waals surface area contributed by atoms with Crippen LogP contribution in [0.1, 0.15) is 19.4 Å². The smallest absolute Gasteiger partial charge is 0.424 e. The molecular weight excluding hydrogens is 240 g/mol. The van der Waals surface area contributed by atoms with Crippen molar-refractivity contribution in [3.05, 3.63) is 39.3 Å². The van der Waals surface area contributed by atoms with Crippen LogP contribution in [0.3, 0.4) is 0 Å². The summed E-state index contributed by atoms with van der Waals surface area (Å²) in [6.45, 7) is 1.62. The number of pyridine rings is 1. The van der Waals surface area contributed by atoms with Crippen LogP contribution >= 0.6 is 0 Å². The molecule has 0 fully saturated rings. The zero-order chi connectivity index (χ0) is 13.3. The van der Waals surface area contributed by atoms with Crippen molar-refractivity contribution in [2.45, 2.75) is 19.4 Å². The van der Waals surface area contributed by atoms with E-state index in [1.54, 1.807) is 6.92 Å². The third-order valence-corrected chi connectivity index (χ3v) is 2.59. The SMILES string of the molecule is CCC(C(=O)O)n1c(=O)oc(=O)c2cccnc21. The van der Waals surface area contributed by atoms with E-state index in [1.807, 2.05) is 0 Å². The van der Waals surface area contributed by atoms with Crippen LogP contribution in [0.15, 0.2) is 32.3 Å². The molecule has 0 saturated heterocycles. The van der Waals surface area contributed by atoms with E-state index < -0.39 is 23.4 Å². The van der Waals surface area contributed by atoms with Crippen LogP contribution in [0.2, 0.25) is 0 Å². The van der Waals surface area contributed by atoms with Gasteiger partial charge in [0.15, 0.2) is 5.65 Å². The average molecular weight is 250 g/mol. The van der Waals surface area contributed by atoms with Crippen LogP contribution in [-0.2, 0) is 4.79 Å². The Hall–Kier alpha value is -2.44. The van der Waals surface area contributed by atoms with Gasteiger partial charge in [0.25, 0.3) is 0 Å². The van der Waals surface area contributed by atoms with E-state index in [1.165, 1.54) is 18.3 Å². The van der Waals surface area contributed by atoms with Gasteiger partial charge in [-0.2, -0.15) is 0 Å². The van der Waals surface area contributed by atoms with Crippen molar-refractivity contribution in [2.24, 2.45) is 0 Å². The lowest BCUT2D eigenvalue weighted by Crippen LogP contribution is -2.32. The quantitative estimate of drug-likeness (QED) is 0.845. The highest BCUT2D eigenvalue weighted by Crippen LogP contribution is 2.14. The lowest BCUT2D eigenvalue weighted by molar-refractivity contribution is -0.141. The number of fused-ring (bicyclic) bond motifs is 1. The minimum absolute atomic E-state index is 0.0213. The summed E-state index contributed by atoms with van der Waals surface area (Å²) < 4.78 is 5.39. The molecule has 0 amide bonds. The Morgan fingerprint density at radius 3 is 2.89 bits per heavy atom. The number of rotatable bonds is 3. The predicted molar refractivity (Wildman–Crippen MR) is 61.5 cm³/mol. The van der Waals surface area contributed by atoms with Gasteiger partial charge in [-0.1, -0.05) is 6.92 Å². The number of aromatic nitrogens is 2. The molecule has 0 aliphatic heterocycles. The highest BCUT2D eigenvalue weighted by atomic mass is 16.4. The molecule has 0 spiro atoms. The summed E-state index contributed by atoms with van der Waals surface area (Å²) in [5.41, 5.74) is -0.799. The molecule has 1 atom stereocenters. The summed E-state index contributed by atoms with van der Waals surface area (Å²) in [5, 5.41) is 9.15. The van der Waals surface area contributed by atoms with Gasteiger partial charge in [0, 0.05) is 6.20 Å². The molecule has 7 nitrogen and oxygen atoms in total. The minimum atomic E-state index is -1.18. The Kier molecular flexibility index (Phi) is 2.97. The van der Waals surface area contributed by atoms with Gasteiger partial charge in [0.2, 0.25) is 0 Å². The summed E-state index contributed by atoms with van der Waals surface area (Å²) in [5.74, 6) is -2.19. The monoisotopic (exact) mass is 250 g/mol. The molecule has 2 heterocycles. The second-order valence-corrected chi connectivity index (χ2v) is 3.66. The van der Waals surface area contributed by atoms with Crippen LogP contribution < -0.4 is 11.4 Å². The fourth-order valence-electron chi connectivity index (χ4n) is 1.76. The number of carboxylic acid groups (broad SMARTS) is 1. The highest BCUT2D eigenvalue weighted by Gasteiger charge is 2.23. The summed E-state index contributed by atoms with van der Waals surface area (Å²) in [7, 11) is 0. The molecule has 0 aliphatic rings. The van der Waals surface area contributed by atoms with Gasteiger partial charge in [-0.3, -0.25) is 0 Å². The Labute approximate surface area is 100 Å². The van der Waals surface area contributed by atoms with Crippen LogP contribution in [0.4, 0.5) is 0 Å². The second kappa shape index (κ2) is 4.44. The fourth-order valence-corrected chi connectivity index (χ4v) is 1.76. The maximum absolute atomic E-state index is 11.7. The van der Waals surface area contributed by atoms with E-state index in [0.29, 0.717) is 0 Å². The topological polar surface area (TPSA) is 102 Å². The Morgan fingerprint density at radius 2 is 2.28 bits per heavy atom. The standard InChI is InChI=1S/C11H10N2O5/c1-2-7(9(14)15)13-8-6(4-3-5-12-8)10(16)18-11(13)17/h3-5,7H,2H2,1H3,(H,14,15). The number of aliphatic carboxylic acids is 1. The molecule has 94 valence electrons. The van der Waals surface area contributed by atoms with Crippen molar-refractivity contribution in [3.63, 3.8) is 0 Å². The van der Waals surface area contributed by atoms with Gasteiger partial charge >= 0.3 is 17.4 Å². The first-order valence-electron chi connectivity index (χ1n) is 5.29. The summed E-state index contributed by atoms with van der Waals surface area (Å²) in [6.07, 6.45) is 1.56. The molecule has 2 rings (SSSR count). The number of hydrogen-bond acceptors (Lipinski definition) is 5. The lowest BCUT2D eigenvalue weighted by atomic mass is 10.2. The lowest BCUT2D eigenvalue weighted by Gasteiger charge is -2.13. The summed E-state index contributed by atoms with van der Waals surface area (Å²) >= 11 is 0. The molecular formula is C11H10N2O5. The van der Waals surface area contributed by atoms with Crippen molar-refractivity contribution in [2.75, 3.05) is 0 Å². The van der Waals surface area contributed by atoms with Crippen LogP contribution in [0.5, 0.6) is 0 Å². The first kappa shape index (κ1) is 12.0. The molecule has 1 N–H and O–H groups in total. The summed E-state index contributed by atoms with van der Waals surface area (Å²) in [6, 6.07) is 1.83. The minimum Gasteiger partial charge on any atom is -0.480 e. The number of carbonyl (C=O) groups is 1. The van der Waals surface area contributed by atoms with Crippen molar-refractivity contribution in [1.29, 1.82) is 0 Å². The molecule has 1 unspecified atom stereocenters. The average Bonchev–Trinajstić information content (AvgIpc) is 2.34. The fraction of sp³-hybridized carbons (Fsp3) is 0.273. The van der Waals surface area contributed by atoms with Crippen LogP contribution in [0, 0.1) is 0 Å². The zero-order valence-electron chi connectivity index (χ0n) is 9.49. The first-order valence-corrected chi connectivity index (χ1v) is 5.29. The van der Waals surface area contributed by atoms with Gasteiger partial charge < -0.3 is 9.52 Å². The van der Waals surface area contributed by atoms with Crippen molar-refractivity contribution < 1.29 is 14.3 Å². The number of hydrogen-bond donors (Lipinski definition) is 1. The molecule has 0 aromatic carbocycles. The Balaban J connectivity index is 2.90. The van der Waals surface area contributed by atoms with E-state index in [-0.39, 0.29) is 17.5 Å². The maximum Gasteiger partial charge on any atom is 0.424 e. The third kappa shape index (κ3) is 1.79. The largest absolute Gasteiger partial charge is 0.480 e. The van der Waals surface area contributed by atoms with E-state index >= 15 is 0 Å². The molecule has 0 radical (unpaired) electrons. The molecule has 7 heteroatoms. The normalized spacial score (nSPS) is 12.5. The molecule has 0 bridgehead atoms. The Bertz CT molecular complexity index is 715. The van der Waals surface area contributed by atoms with E-state index in [0.717, 1.165) is 4.57 Å². The van der Waals surface area contributed by atoms with Gasteiger partial charge in [-0.15, -0.1) is 0 Å². The zero-order valence-corrected chi connectivity index (χ0v) is 9.49. The van der Waals surface area contributed by atoms with Crippen LogP contribution in [-0.4, -0.2) is 20.6 Å². The van der Waals surface area contributed by atoms with E-state index in [9.17, 15) is 14.4 Å². The van der Waals surface area contributed by atoms with E-state index in [4.69, 9.17) is 5.11 Å². The molecule has 2 aromatic heterocycles. The maximum atomic E-state index is 11.7. The first-order chi connectivity index (χ1) is 8.56. The van der Waals surface area contributed by atoms with Gasteiger partial charge in [0.1, 0.15) is 11.4 Å². The summed E-state index contributed by atoms with van der Waals surface area (Å²) in [4.78, 5) is 38.1. The number of nitrogens with zero attached hydrogens (tertiary/aromatic N) is 2. The van der Waals surface area contributed by atoms with Crippen molar-refractivity contribution in [1.82, 2.24) is 9.55 Å². The predicted octanol–water partition coefficient (Wildman–Crippen LogP) is 0.385. The molecule has 0 saturated carbocycles. The second-order valence-electron chi connectivity index (χ2n) is 3.66. The number of carboxylic acids is 1. The van der Waals surface area contributed by atoms with Crippen LogP contribution in [0.25, 0.3) is 11.0 Å². The highest BCUT2D eigenvalue weighted by molar-refractivity contribution is 5.77.